The summed E-state index contributed by atoms with van der Waals surface area (Å²) in [4.78, 5) is 17.2. The lowest BCUT2D eigenvalue weighted by Crippen LogP contribution is -2.64. The lowest BCUT2D eigenvalue weighted by atomic mass is 9.92. The number of alkyl halides is 3. The lowest BCUT2D eigenvalue weighted by Gasteiger charge is -2.50. The molecule has 0 aliphatic carbocycles. The van der Waals surface area contributed by atoms with Crippen LogP contribution in [0.15, 0.2) is 24.3 Å². The molecule has 1 heterocycles. The fourth-order valence-electron chi connectivity index (χ4n) is 3.77. The fraction of sp³-hybridized carbons (Fsp3) is 0.632. The van der Waals surface area contributed by atoms with Gasteiger partial charge in [-0.05, 0) is 59.5 Å². The maximum absolute atomic E-state index is 13.0. The number of benzene rings is 1. The first-order valence-corrected chi connectivity index (χ1v) is 8.93. The number of hydrogen-bond donors (Lipinski definition) is 1. The molecule has 0 spiro atoms. The molecule has 1 aromatic rings. The summed E-state index contributed by atoms with van der Waals surface area (Å²) in [7, 11) is 3.74. The molecule has 5 nitrogen and oxygen atoms in total. The summed E-state index contributed by atoms with van der Waals surface area (Å²) in [6.45, 7) is 6.52. The summed E-state index contributed by atoms with van der Waals surface area (Å²) in [5, 5.41) is 9.74. The zero-order chi connectivity index (χ0) is 20.6. The molecule has 1 saturated heterocycles. The quantitative estimate of drug-likeness (QED) is 0.852. The zero-order valence-corrected chi connectivity index (χ0v) is 16.4. The third-order valence-corrected chi connectivity index (χ3v) is 5.01. The molecule has 27 heavy (non-hydrogen) atoms. The Morgan fingerprint density at radius 1 is 1.19 bits per heavy atom. The molecule has 0 saturated carbocycles. The van der Waals surface area contributed by atoms with E-state index >= 15 is 0 Å². The highest BCUT2D eigenvalue weighted by Crippen LogP contribution is 2.34. The molecule has 2 atom stereocenters. The van der Waals surface area contributed by atoms with Gasteiger partial charge in [-0.25, -0.2) is 4.79 Å². The van der Waals surface area contributed by atoms with E-state index in [1.807, 2.05) is 44.7 Å². The minimum absolute atomic E-state index is 0.136. The van der Waals surface area contributed by atoms with Gasteiger partial charge in [0.1, 0.15) is 0 Å². The minimum atomic E-state index is -4.39. The molecule has 2 rings (SSSR count). The van der Waals surface area contributed by atoms with Crippen LogP contribution in [0.3, 0.4) is 0 Å². The van der Waals surface area contributed by atoms with E-state index in [0.29, 0.717) is 25.2 Å². The van der Waals surface area contributed by atoms with Crippen LogP contribution in [0.25, 0.3) is 0 Å². The molecule has 0 unspecified atom stereocenters. The number of anilines is 1. The zero-order valence-electron chi connectivity index (χ0n) is 16.4. The molecule has 1 fully saturated rings. The fourth-order valence-corrected chi connectivity index (χ4v) is 3.77. The third-order valence-electron chi connectivity index (χ3n) is 5.01. The van der Waals surface area contributed by atoms with Crippen LogP contribution in [0, 0.1) is 0 Å². The summed E-state index contributed by atoms with van der Waals surface area (Å²) in [5.74, 6) is 0. The van der Waals surface area contributed by atoms with Gasteiger partial charge in [-0.3, -0.25) is 4.90 Å². The van der Waals surface area contributed by atoms with Crippen molar-refractivity contribution in [1.29, 1.82) is 0 Å². The van der Waals surface area contributed by atoms with E-state index in [4.69, 9.17) is 0 Å². The first kappa shape index (κ1) is 21.3. The predicted molar refractivity (Wildman–Crippen MR) is 99.2 cm³/mol. The third kappa shape index (κ3) is 4.86. The number of rotatable bonds is 3. The van der Waals surface area contributed by atoms with Crippen LogP contribution in [0.5, 0.6) is 0 Å². The van der Waals surface area contributed by atoms with Gasteiger partial charge in [0.05, 0.1) is 11.6 Å². The molecule has 1 aromatic carbocycles. The molecular formula is C19H28F3N3O2. The number of carbonyl (C=O) groups is 1. The smallest absolute Gasteiger partial charge is 0.416 e. The summed E-state index contributed by atoms with van der Waals surface area (Å²) >= 11 is 0. The largest absolute Gasteiger partial charge is 0.465 e. The number of hydrogen-bond acceptors (Lipinski definition) is 3. The van der Waals surface area contributed by atoms with E-state index in [2.05, 4.69) is 0 Å². The van der Waals surface area contributed by atoms with Gasteiger partial charge in [-0.1, -0.05) is 6.07 Å². The Labute approximate surface area is 158 Å². The normalized spacial score (nSPS) is 21.4. The molecule has 152 valence electrons. The number of likely N-dealkylation sites (N-methyl/N-ethyl adjacent to an activating group) is 1. The van der Waals surface area contributed by atoms with E-state index in [0.717, 1.165) is 12.1 Å². The maximum atomic E-state index is 13.0. The second kappa shape index (κ2) is 7.58. The highest BCUT2D eigenvalue weighted by Gasteiger charge is 2.42. The van der Waals surface area contributed by atoms with Crippen LogP contribution in [0.4, 0.5) is 23.7 Å². The number of amides is 1. The van der Waals surface area contributed by atoms with Crippen molar-refractivity contribution in [3.8, 4) is 0 Å². The Morgan fingerprint density at radius 2 is 1.81 bits per heavy atom. The van der Waals surface area contributed by atoms with Crippen LogP contribution in [0.2, 0.25) is 0 Å². The molecule has 0 radical (unpaired) electrons. The predicted octanol–water partition coefficient (Wildman–Crippen LogP) is 3.99. The van der Waals surface area contributed by atoms with Crippen molar-refractivity contribution in [2.75, 3.05) is 32.1 Å². The van der Waals surface area contributed by atoms with Gasteiger partial charge in [0.15, 0.2) is 0 Å². The first-order chi connectivity index (χ1) is 12.3. The Balaban J connectivity index is 2.30. The Hall–Kier alpha value is -1.96. The van der Waals surface area contributed by atoms with Crippen molar-refractivity contribution in [2.45, 2.75) is 51.0 Å². The SMILES string of the molecule is CN(C)[C@H]1CN(c2cccc(C(F)(F)F)c2)CC[C@@H]1N(C(=O)O)C(C)(C)C. The summed E-state index contributed by atoms with van der Waals surface area (Å²) < 4.78 is 39.1. The van der Waals surface area contributed by atoms with Crippen LogP contribution in [0.1, 0.15) is 32.8 Å². The first-order valence-electron chi connectivity index (χ1n) is 8.93. The molecule has 0 bridgehead atoms. The van der Waals surface area contributed by atoms with Gasteiger partial charge in [0.25, 0.3) is 0 Å². The highest BCUT2D eigenvalue weighted by molar-refractivity contribution is 5.67. The van der Waals surface area contributed by atoms with Gasteiger partial charge in [0, 0.05) is 30.4 Å². The summed E-state index contributed by atoms with van der Waals surface area (Å²) in [5.41, 5.74) is -0.735. The van der Waals surface area contributed by atoms with Crippen LogP contribution < -0.4 is 4.90 Å². The van der Waals surface area contributed by atoms with Crippen molar-refractivity contribution in [3.63, 3.8) is 0 Å². The van der Waals surface area contributed by atoms with Gasteiger partial charge >= 0.3 is 12.3 Å². The van der Waals surface area contributed by atoms with E-state index in [1.165, 1.54) is 11.0 Å². The van der Waals surface area contributed by atoms with Crippen molar-refractivity contribution < 1.29 is 23.1 Å². The topological polar surface area (TPSA) is 47.0 Å². The van der Waals surface area contributed by atoms with Crippen molar-refractivity contribution in [1.82, 2.24) is 9.80 Å². The molecule has 1 aliphatic heterocycles. The van der Waals surface area contributed by atoms with E-state index < -0.39 is 23.4 Å². The van der Waals surface area contributed by atoms with E-state index in [1.54, 1.807) is 6.07 Å². The Morgan fingerprint density at radius 3 is 2.30 bits per heavy atom. The molecule has 0 aromatic heterocycles. The number of halogens is 3. The Bertz CT molecular complexity index is 671. The molecular weight excluding hydrogens is 359 g/mol. The summed E-state index contributed by atoms with van der Waals surface area (Å²) in [6.07, 6.45) is -4.82. The molecule has 1 N–H and O–H groups in total. The van der Waals surface area contributed by atoms with Crippen molar-refractivity contribution >= 4 is 11.8 Å². The van der Waals surface area contributed by atoms with Crippen molar-refractivity contribution in [3.05, 3.63) is 29.8 Å². The van der Waals surface area contributed by atoms with Gasteiger partial charge in [0.2, 0.25) is 0 Å². The van der Waals surface area contributed by atoms with E-state index in [9.17, 15) is 23.1 Å². The van der Waals surface area contributed by atoms with Crippen LogP contribution in [-0.4, -0.2) is 65.8 Å². The van der Waals surface area contributed by atoms with Gasteiger partial charge in [-0.15, -0.1) is 0 Å². The maximum Gasteiger partial charge on any atom is 0.416 e. The standard InChI is InChI=1S/C19H28F3N3O2/c1-18(2,3)25(17(26)27)15-9-10-24(12-16(15)23(4)5)14-8-6-7-13(11-14)19(20,21)22/h6-8,11,15-16H,9-10,12H2,1-5H3,(H,26,27)/t15-,16-/m0/s1. The van der Waals surface area contributed by atoms with Gasteiger partial charge in [-0.2, -0.15) is 13.2 Å². The number of nitrogens with zero attached hydrogens (tertiary/aromatic N) is 3. The minimum Gasteiger partial charge on any atom is -0.465 e. The molecule has 8 heteroatoms. The lowest BCUT2D eigenvalue weighted by molar-refractivity contribution is -0.137. The average molecular weight is 387 g/mol. The summed E-state index contributed by atoms with van der Waals surface area (Å²) in [6, 6.07) is 4.93. The molecule has 1 amide bonds. The van der Waals surface area contributed by atoms with Gasteiger partial charge < -0.3 is 14.9 Å². The number of carboxylic acid groups (broad SMARTS) is 1. The van der Waals surface area contributed by atoms with Crippen LogP contribution in [-0.2, 0) is 6.18 Å². The molecule has 1 aliphatic rings. The second-order valence-electron chi connectivity index (χ2n) is 8.20. The Kier molecular flexibility index (Phi) is 5.99. The van der Waals surface area contributed by atoms with Crippen LogP contribution >= 0.6 is 0 Å². The highest BCUT2D eigenvalue weighted by atomic mass is 19.4. The average Bonchev–Trinajstić information content (AvgIpc) is 2.52. The monoisotopic (exact) mass is 387 g/mol. The number of piperidine rings is 1. The second-order valence-corrected chi connectivity index (χ2v) is 8.20. The van der Waals surface area contributed by atoms with Crippen molar-refractivity contribution in [2.24, 2.45) is 0 Å². The van der Waals surface area contributed by atoms with E-state index in [-0.39, 0.29) is 12.1 Å².